The lowest BCUT2D eigenvalue weighted by atomic mass is 10.00. The van der Waals surface area contributed by atoms with E-state index in [1.54, 1.807) is 52.6 Å². The van der Waals surface area contributed by atoms with Crippen molar-refractivity contribution in [1.29, 1.82) is 0 Å². The number of rotatable bonds is 7. The van der Waals surface area contributed by atoms with E-state index in [4.69, 9.17) is 16.3 Å². The number of halogens is 1. The van der Waals surface area contributed by atoms with E-state index in [-0.39, 0.29) is 44.6 Å². The SMILES string of the molecule is Cc1cn(C)c(OC(=O)c2cn(C)nc2C)c1C(=O)c1ccc(S(C)(=O)=O)c(Cn2cccn2)c1Cl. The number of sulfone groups is 1. The van der Waals surface area contributed by atoms with E-state index >= 15 is 0 Å². The average Bonchev–Trinajstić information content (AvgIpc) is 3.48. The molecule has 0 N–H and O–H groups in total. The predicted octanol–water partition coefficient (Wildman–Crippen LogP) is 3.13. The van der Waals surface area contributed by atoms with Crippen molar-refractivity contribution in [3.63, 3.8) is 0 Å². The second-order valence-corrected chi connectivity index (χ2v) is 10.9. The summed E-state index contributed by atoms with van der Waals surface area (Å²) >= 11 is 6.67. The molecule has 0 aliphatic heterocycles. The summed E-state index contributed by atoms with van der Waals surface area (Å²) in [5.41, 5.74) is 1.79. The molecule has 0 saturated carbocycles. The van der Waals surface area contributed by atoms with Gasteiger partial charge in [0.15, 0.2) is 15.6 Å². The Morgan fingerprint density at radius 3 is 2.42 bits per heavy atom. The van der Waals surface area contributed by atoms with Gasteiger partial charge in [-0.1, -0.05) is 11.6 Å². The third-order valence-electron chi connectivity index (χ3n) is 5.69. The van der Waals surface area contributed by atoms with Crippen LogP contribution in [-0.2, 0) is 30.5 Å². The van der Waals surface area contributed by atoms with Crippen molar-refractivity contribution in [2.45, 2.75) is 25.3 Å². The molecular weight excluding hydrogens is 506 g/mol. The number of ether oxygens (including phenoxy) is 1. The number of esters is 1. The first kappa shape index (κ1) is 25.4. The molecule has 36 heavy (non-hydrogen) atoms. The molecule has 0 unspecified atom stereocenters. The van der Waals surface area contributed by atoms with Crippen LogP contribution in [0.3, 0.4) is 0 Å². The number of nitrogens with zero attached hydrogens (tertiary/aromatic N) is 5. The number of hydrogen-bond acceptors (Lipinski definition) is 7. The summed E-state index contributed by atoms with van der Waals surface area (Å²) in [7, 11) is -0.304. The van der Waals surface area contributed by atoms with E-state index in [1.807, 2.05) is 0 Å². The van der Waals surface area contributed by atoms with Gasteiger partial charge in [-0.2, -0.15) is 10.2 Å². The molecule has 0 radical (unpaired) electrons. The minimum atomic E-state index is -3.65. The predicted molar refractivity (Wildman–Crippen MR) is 132 cm³/mol. The topological polar surface area (TPSA) is 118 Å². The Morgan fingerprint density at radius 1 is 1.11 bits per heavy atom. The highest BCUT2D eigenvalue weighted by atomic mass is 35.5. The molecule has 10 nitrogen and oxygen atoms in total. The van der Waals surface area contributed by atoms with Crippen LogP contribution < -0.4 is 4.74 Å². The molecule has 0 spiro atoms. The zero-order valence-electron chi connectivity index (χ0n) is 20.3. The molecule has 0 atom stereocenters. The summed E-state index contributed by atoms with van der Waals surface area (Å²) in [5.74, 6) is -1.12. The van der Waals surface area contributed by atoms with E-state index in [9.17, 15) is 18.0 Å². The Morgan fingerprint density at radius 2 is 1.83 bits per heavy atom. The van der Waals surface area contributed by atoms with Crippen LogP contribution in [0, 0.1) is 13.8 Å². The lowest BCUT2D eigenvalue weighted by Crippen LogP contribution is -2.15. The number of benzene rings is 1. The van der Waals surface area contributed by atoms with Gasteiger partial charge in [-0.15, -0.1) is 0 Å². The Kier molecular flexibility index (Phi) is 6.63. The molecule has 0 aliphatic carbocycles. The van der Waals surface area contributed by atoms with Crippen molar-refractivity contribution in [2.75, 3.05) is 6.26 Å². The summed E-state index contributed by atoms with van der Waals surface area (Å²) < 4.78 is 35.1. The second kappa shape index (κ2) is 9.40. The van der Waals surface area contributed by atoms with Crippen LogP contribution in [0.5, 0.6) is 5.88 Å². The molecule has 4 aromatic rings. The van der Waals surface area contributed by atoms with Gasteiger partial charge in [-0.05, 0) is 37.6 Å². The van der Waals surface area contributed by atoms with Crippen molar-refractivity contribution in [2.24, 2.45) is 14.1 Å². The molecule has 188 valence electrons. The first-order valence-electron chi connectivity index (χ1n) is 10.8. The monoisotopic (exact) mass is 529 g/mol. The van der Waals surface area contributed by atoms with Gasteiger partial charge in [0.2, 0.25) is 5.88 Å². The lowest BCUT2D eigenvalue weighted by molar-refractivity contribution is 0.0719. The van der Waals surface area contributed by atoms with Gasteiger partial charge in [0, 0.05) is 56.3 Å². The van der Waals surface area contributed by atoms with Crippen LogP contribution in [0.2, 0.25) is 5.02 Å². The average molecular weight is 530 g/mol. The summed E-state index contributed by atoms with van der Waals surface area (Å²) in [6.45, 7) is 3.44. The van der Waals surface area contributed by atoms with Crippen LogP contribution in [0.15, 0.2) is 47.9 Å². The maximum Gasteiger partial charge on any atom is 0.348 e. The van der Waals surface area contributed by atoms with E-state index in [0.717, 1.165) is 6.26 Å². The fraction of sp³-hybridized carbons (Fsp3) is 0.250. The summed E-state index contributed by atoms with van der Waals surface area (Å²) in [6, 6.07) is 4.42. The molecular formula is C24H24ClN5O5S. The zero-order valence-corrected chi connectivity index (χ0v) is 21.9. The van der Waals surface area contributed by atoms with Gasteiger partial charge in [0.25, 0.3) is 0 Å². The van der Waals surface area contributed by atoms with Crippen molar-refractivity contribution >= 4 is 33.2 Å². The fourth-order valence-electron chi connectivity index (χ4n) is 4.06. The number of aromatic nitrogens is 5. The number of carbonyl (C=O) groups excluding carboxylic acids is 2. The maximum atomic E-state index is 13.7. The molecule has 0 fully saturated rings. The highest BCUT2D eigenvalue weighted by Gasteiger charge is 2.29. The van der Waals surface area contributed by atoms with Crippen LogP contribution in [0.1, 0.15) is 43.1 Å². The highest BCUT2D eigenvalue weighted by molar-refractivity contribution is 7.90. The highest BCUT2D eigenvalue weighted by Crippen LogP contribution is 2.34. The smallest absolute Gasteiger partial charge is 0.348 e. The Bertz CT molecular complexity index is 1600. The minimum Gasteiger partial charge on any atom is -0.405 e. The quantitative estimate of drug-likeness (QED) is 0.266. The van der Waals surface area contributed by atoms with Gasteiger partial charge < -0.3 is 9.30 Å². The molecule has 3 aromatic heterocycles. The van der Waals surface area contributed by atoms with Crippen LogP contribution >= 0.6 is 11.6 Å². The van der Waals surface area contributed by atoms with Crippen LogP contribution in [0.25, 0.3) is 0 Å². The van der Waals surface area contributed by atoms with Crippen molar-refractivity contribution in [1.82, 2.24) is 24.1 Å². The first-order chi connectivity index (χ1) is 16.9. The summed E-state index contributed by atoms with van der Waals surface area (Å²) in [4.78, 5) is 26.6. The molecule has 0 amide bonds. The standard InChI is InChI=1S/C24H24ClN5O5S/c1-14-11-28(3)23(35-24(32)17-12-29(4)27-15(17)2)20(14)22(31)16-7-8-19(36(5,33)34)18(21(16)25)13-30-10-6-9-26-30/h6-12H,13H2,1-5H3. The number of aryl methyl sites for hydroxylation is 4. The second-order valence-electron chi connectivity index (χ2n) is 8.50. The Balaban J connectivity index is 1.79. The fourth-order valence-corrected chi connectivity index (χ4v) is 5.36. The molecule has 1 aromatic carbocycles. The van der Waals surface area contributed by atoms with E-state index in [0.29, 0.717) is 11.3 Å². The van der Waals surface area contributed by atoms with Gasteiger partial charge in [-0.3, -0.25) is 14.2 Å². The van der Waals surface area contributed by atoms with Gasteiger partial charge >= 0.3 is 5.97 Å². The first-order valence-corrected chi connectivity index (χ1v) is 13.1. The summed E-state index contributed by atoms with van der Waals surface area (Å²) in [5, 5.41) is 8.26. The zero-order chi connectivity index (χ0) is 26.4. The maximum absolute atomic E-state index is 13.7. The summed E-state index contributed by atoms with van der Waals surface area (Å²) in [6.07, 6.45) is 7.50. The van der Waals surface area contributed by atoms with E-state index in [1.165, 1.54) is 32.3 Å². The number of carbonyl (C=O) groups is 2. The van der Waals surface area contributed by atoms with Crippen LogP contribution in [-0.4, -0.2) is 50.6 Å². The van der Waals surface area contributed by atoms with Crippen molar-refractivity contribution in [3.8, 4) is 5.88 Å². The van der Waals surface area contributed by atoms with Gasteiger partial charge in [0.1, 0.15) is 5.56 Å². The van der Waals surface area contributed by atoms with Crippen LogP contribution in [0.4, 0.5) is 0 Å². The number of hydrogen-bond donors (Lipinski definition) is 0. The molecule has 0 aliphatic rings. The van der Waals surface area contributed by atoms with E-state index < -0.39 is 21.6 Å². The van der Waals surface area contributed by atoms with E-state index in [2.05, 4.69) is 10.2 Å². The van der Waals surface area contributed by atoms with Crippen molar-refractivity contribution in [3.05, 3.63) is 81.5 Å². The van der Waals surface area contributed by atoms with Gasteiger partial charge in [0.05, 0.1) is 27.7 Å². The Labute approximate surface area is 213 Å². The third-order valence-corrected chi connectivity index (χ3v) is 7.30. The van der Waals surface area contributed by atoms with Gasteiger partial charge in [-0.25, -0.2) is 13.2 Å². The minimum absolute atomic E-state index is 0.00281. The number of ketones is 1. The molecule has 0 saturated heterocycles. The molecule has 3 heterocycles. The third kappa shape index (κ3) is 4.71. The Hall–Kier alpha value is -3.70. The lowest BCUT2D eigenvalue weighted by Gasteiger charge is -2.15. The molecule has 4 rings (SSSR count). The van der Waals surface area contributed by atoms with Crippen molar-refractivity contribution < 1.29 is 22.7 Å². The molecule has 0 bridgehead atoms. The molecule has 12 heteroatoms. The largest absolute Gasteiger partial charge is 0.405 e. The normalized spacial score (nSPS) is 11.6.